The summed E-state index contributed by atoms with van der Waals surface area (Å²) in [5.74, 6) is 0. The standard InChI is InChI=1S/C17H35N3O/c1-3-8-18-16(4-2)6-5-9-19-10-7-17(15-19)20-11-13-21-14-12-20/h16-18H,3-15H2,1-2H3. The van der Waals surface area contributed by atoms with Gasteiger partial charge in [-0.1, -0.05) is 13.8 Å². The third kappa shape index (κ3) is 5.85. The van der Waals surface area contributed by atoms with Gasteiger partial charge < -0.3 is 15.0 Å². The molecular formula is C17H35N3O. The monoisotopic (exact) mass is 297 g/mol. The van der Waals surface area contributed by atoms with Crippen LogP contribution in [0.2, 0.25) is 0 Å². The minimum absolute atomic E-state index is 0.725. The molecule has 0 aromatic carbocycles. The maximum absolute atomic E-state index is 5.46. The van der Waals surface area contributed by atoms with Crippen molar-refractivity contribution >= 4 is 0 Å². The Bertz CT molecular complexity index is 269. The van der Waals surface area contributed by atoms with Gasteiger partial charge in [0.25, 0.3) is 0 Å². The van der Waals surface area contributed by atoms with E-state index >= 15 is 0 Å². The minimum atomic E-state index is 0.725. The first-order valence-electron chi connectivity index (χ1n) is 9.11. The maximum Gasteiger partial charge on any atom is 0.0594 e. The molecule has 21 heavy (non-hydrogen) atoms. The molecule has 2 unspecified atom stereocenters. The zero-order valence-corrected chi connectivity index (χ0v) is 14.1. The molecule has 0 amide bonds. The van der Waals surface area contributed by atoms with Gasteiger partial charge in [0.2, 0.25) is 0 Å². The van der Waals surface area contributed by atoms with E-state index in [9.17, 15) is 0 Å². The molecule has 0 aromatic heterocycles. The van der Waals surface area contributed by atoms with Crippen LogP contribution in [0.25, 0.3) is 0 Å². The van der Waals surface area contributed by atoms with E-state index in [1.54, 1.807) is 0 Å². The smallest absolute Gasteiger partial charge is 0.0594 e. The van der Waals surface area contributed by atoms with Gasteiger partial charge in [0, 0.05) is 31.7 Å². The lowest BCUT2D eigenvalue weighted by atomic mass is 10.1. The second-order valence-corrected chi connectivity index (χ2v) is 6.59. The van der Waals surface area contributed by atoms with E-state index in [2.05, 4.69) is 29.0 Å². The summed E-state index contributed by atoms with van der Waals surface area (Å²) in [5.41, 5.74) is 0. The van der Waals surface area contributed by atoms with Crippen LogP contribution in [0.4, 0.5) is 0 Å². The second kappa shape index (κ2) is 9.78. The van der Waals surface area contributed by atoms with Crippen LogP contribution >= 0.6 is 0 Å². The molecule has 2 heterocycles. The lowest BCUT2D eigenvalue weighted by molar-refractivity contribution is 0.0185. The van der Waals surface area contributed by atoms with Gasteiger partial charge in [0.1, 0.15) is 0 Å². The number of hydrogen-bond acceptors (Lipinski definition) is 4. The Hall–Kier alpha value is -0.160. The number of rotatable bonds is 9. The molecule has 2 aliphatic heterocycles. The molecule has 0 saturated carbocycles. The van der Waals surface area contributed by atoms with Gasteiger partial charge in [-0.25, -0.2) is 0 Å². The Labute approximate surface area is 131 Å². The lowest BCUT2D eigenvalue weighted by Crippen LogP contribution is -2.44. The third-order valence-corrected chi connectivity index (χ3v) is 5.01. The normalized spacial score (nSPS) is 26.3. The Morgan fingerprint density at radius 2 is 2.00 bits per heavy atom. The number of nitrogens with one attached hydrogen (secondary N) is 1. The average molecular weight is 297 g/mol. The van der Waals surface area contributed by atoms with E-state index in [0.717, 1.165) is 38.4 Å². The number of ether oxygens (including phenoxy) is 1. The van der Waals surface area contributed by atoms with E-state index < -0.39 is 0 Å². The number of morpholine rings is 1. The summed E-state index contributed by atoms with van der Waals surface area (Å²) in [6.07, 6.45) is 6.52. The Balaban J connectivity index is 1.59. The van der Waals surface area contributed by atoms with Crippen molar-refractivity contribution in [1.29, 1.82) is 0 Å². The molecule has 2 aliphatic rings. The molecule has 124 valence electrons. The fraction of sp³-hybridized carbons (Fsp3) is 1.00. The van der Waals surface area contributed by atoms with Gasteiger partial charge in [-0.05, 0) is 51.7 Å². The predicted octanol–water partition coefficient (Wildman–Crippen LogP) is 1.95. The van der Waals surface area contributed by atoms with E-state index in [1.165, 1.54) is 58.3 Å². The molecule has 0 bridgehead atoms. The number of likely N-dealkylation sites (tertiary alicyclic amines) is 1. The molecule has 0 aromatic rings. The predicted molar refractivity (Wildman–Crippen MR) is 88.8 cm³/mol. The van der Waals surface area contributed by atoms with Crippen molar-refractivity contribution in [2.75, 3.05) is 52.5 Å². The topological polar surface area (TPSA) is 27.7 Å². The highest BCUT2D eigenvalue weighted by Crippen LogP contribution is 2.17. The van der Waals surface area contributed by atoms with Crippen LogP contribution in [0, 0.1) is 0 Å². The first-order valence-corrected chi connectivity index (χ1v) is 9.11. The maximum atomic E-state index is 5.46. The highest BCUT2D eigenvalue weighted by Gasteiger charge is 2.28. The fourth-order valence-electron chi connectivity index (χ4n) is 3.62. The molecule has 0 radical (unpaired) electrons. The van der Waals surface area contributed by atoms with Crippen molar-refractivity contribution in [2.45, 2.75) is 58.0 Å². The van der Waals surface area contributed by atoms with E-state index in [0.29, 0.717) is 0 Å². The van der Waals surface area contributed by atoms with Crippen LogP contribution in [-0.2, 0) is 4.74 Å². The van der Waals surface area contributed by atoms with E-state index in [4.69, 9.17) is 4.74 Å². The molecule has 0 aliphatic carbocycles. The van der Waals surface area contributed by atoms with Crippen molar-refractivity contribution < 1.29 is 4.74 Å². The van der Waals surface area contributed by atoms with Gasteiger partial charge in [-0.3, -0.25) is 4.90 Å². The zero-order chi connectivity index (χ0) is 14.9. The fourth-order valence-corrected chi connectivity index (χ4v) is 3.62. The summed E-state index contributed by atoms with van der Waals surface area (Å²) in [6, 6.07) is 1.51. The molecule has 2 rings (SSSR count). The largest absolute Gasteiger partial charge is 0.379 e. The SMILES string of the molecule is CCCNC(CC)CCCN1CCC(N2CCOCC2)C1. The number of hydrogen-bond donors (Lipinski definition) is 1. The molecule has 4 nitrogen and oxygen atoms in total. The Morgan fingerprint density at radius 3 is 2.71 bits per heavy atom. The molecular weight excluding hydrogens is 262 g/mol. The highest BCUT2D eigenvalue weighted by molar-refractivity contribution is 4.84. The summed E-state index contributed by atoms with van der Waals surface area (Å²) in [4.78, 5) is 5.31. The zero-order valence-electron chi connectivity index (χ0n) is 14.1. The quantitative estimate of drug-likeness (QED) is 0.704. The molecule has 1 N–H and O–H groups in total. The second-order valence-electron chi connectivity index (χ2n) is 6.59. The van der Waals surface area contributed by atoms with Gasteiger partial charge in [0.15, 0.2) is 0 Å². The molecule has 0 spiro atoms. The number of nitrogens with zero attached hydrogens (tertiary/aromatic N) is 2. The van der Waals surface area contributed by atoms with Gasteiger partial charge in [-0.15, -0.1) is 0 Å². The van der Waals surface area contributed by atoms with Crippen LogP contribution in [0.3, 0.4) is 0 Å². The van der Waals surface area contributed by atoms with Gasteiger partial charge >= 0.3 is 0 Å². The summed E-state index contributed by atoms with van der Waals surface area (Å²) >= 11 is 0. The third-order valence-electron chi connectivity index (χ3n) is 5.01. The van der Waals surface area contributed by atoms with Crippen molar-refractivity contribution in [1.82, 2.24) is 15.1 Å². The minimum Gasteiger partial charge on any atom is -0.379 e. The lowest BCUT2D eigenvalue weighted by Gasteiger charge is -2.32. The van der Waals surface area contributed by atoms with Crippen molar-refractivity contribution in [3.05, 3.63) is 0 Å². The Morgan fingerprint density at radius 1 is 1.19 bits per heavy atom. The van der Waals surface area contributed by atoms with Gasteiger partial charge in [0.05, 0.1) is 13.2 Å². The van der Waals surface area contributed by atoms with Crippen LogP contribution < -0.4 is 5.32 Å². The molecule has 4 heteroatoms. The Kier molecular flexibility index (Phi) is 8.01. The molecule has 2 saturated heterocycles. The summed E-state index contributed by atoms with van der Waals surface area (Å²) in [7, 11) is 0. The summed E-state index contributed by atoms with van der Waals surface area (Å²) < 4.78 is 5.46. The van der Waals surface area contributed by atoms with Crippen molar-refractivity contribution in [3.8, 4) is 0 Å². The van der Waals surface area contributed by atoms with E-state index in [1.807, 2.05) is 0 Å². The van der Waals surface area contributed by atoms with Crippen LogP contribution in [0.15, 0.2) is 0 Å². The highest BCUT2D eigenvalue weighted by atomic mass is 16.5. The summed E-state index contributed by atoms with van der Waals surface area (Å²) in [5, 5.41) is 3.66. The molecule has 2 atom stereocenters. The van der Waals surface area contributed by atoms with Gasteiger partial charge in [-0.2, -0.15) is 0 Å². The summed E-state index contributed by atoms with van der Waals surface area (Å²) in [6.45, 7) is 13.7. The first kappa shape index (κ1) is 17.2. The van der Waals surface area contributed by atoms with Crippen molar-refractivity contribution in [3.63, 3.8) is 0 Å². The average Bonchev–Trinajstić information content (AvgIpc) is 3.00. The molecule has 2 fully saturated rings. The van der Waals surface area contributed by atoms with Crippen LogP contribution in [0.5, 0.6) is 0 Å². The van der Waals surface area contributed by atoms with E-state index in [-0.39, 0.29) is 0 Å². The van der Waals surface area contributed by atoms with Crippen LogP contribution in [-0.4, -0.2) is 74.4 Å². The first-order chi connectivity index (χ1) is 10.3. The van der Waals surface area contributed by atoms with Crippen LogP contribution in [0.1, 0.15) is 46.0 Å². The van der Waals surface area contributed by atoms with Crippen molar-refractivity contribution in [2.24, 2.45) is 0 Å².